The second kappa shape index (κ2) is 5.33. The van der Waals surface area contributed by atoms with Crippen LogP contribution in [0.25, 0.3) is 0 Å². The van der Waals surface area contributed by atoms with Crippen LogP contribution in [0, 0.1) is 6.92 Å². The van der Waals surface area contributed by atoms with E-state index in [0.717, 1.165) is 17.1 Å². The van der Waals surface area contributed by atoms with Crippen molar-refractivity contribution >= 4 is 17.4 Å². The molecular weight excluding hydrogens is 250 g/mol. The summed E-state index contributed by atoms with van der Waals surface area (Å²) < 4.78 is 0. The molecule has 1 aliphatic rings. The Bertz CT molecular complexity index is 635. The van der Waals surface area contributed by atoms with Gasteiger partial charge < -0.3 is 10.6 Å². The van der Waals surface area contributed by atoms with Gasteiger partial charge in [-0.1, -0.05) is 24.3 Å². The number of nitrogens with zero attached hydrogens (tertiary/aromatic N) is 1. The normalized spacial score (nSPS) is 13.8. The van der Waals surface area contributed by atoms with Crippen molar-refractivity contribution < 1.29 is 4.79 Å². The average Bonchev–Trinajstić information content (AvgIpc) is 3.25. The zero-order valence-corrected chi connectivity index (χ0v) is 11.4. The van der Waals surface area contributed by atoms with Gasteiger partial charge in [0.2, 0.25) is 0 Å². The molecule has 4 nitrogen and oxygen atoms in total. The van der Waals surface area contributed by atoms with Crippen molar-refractivity contribution in [2.75, 3.05) is 10.6 Å². The average molecular weight is 267 g/mol. The second-order valence-corrected chi connectivity index (χ2v) is 5.10. The predicted octanol–water partition coefficient (Wildman–Crippen LogP) is 3.22. The zero-order chi connectivity index (χ0) is 13.9. The summed E-state index contributed by atoms with van der Waals surface area (Å²) in [5, 5.41) is 6.19. The lowest BCUT2D eigenvalue weighted by molar-refractivity contribution is 0.102. The number of nitrogens with one attached hydrogen (secondary N) is 2. The largest absolute Gasteiger partial charge is 0.367 e. The van der Waals surface area contributed by atoms with Crippen LogP contribution in [0.2, 0.25) is 0 Å². The summed E-state index contributed by atoms with van der Waals surface area (Å²) in [5.41, 5.74) is 2.28. The fraction of sp³-hybridized carbons (Fsp3) is 0.250. The van der Waals surface area contributed by atoms with Crippen molar-refractivity contribution in [2.24, 2.45) is 0 Å². The van der Waals surface area contributed by atoms with Gasteiger partial charge in [0.25, 0.3) is 5.91 Å². The first kappa shape index (κ1) is 12.7. The van der Waals surface area contributed by atoms with Gasteiger partial charge in [-0.3, -0.25) is 4.79 Å². The summed E-state index contributed by atoms with van der Waals surface area (Å²) in [6.45, 7) is 1.97. The molecule has 2 aromatic rings. The van der Waals surface area contributed by atoms with E-state index in [0.29, 0.717) is 11.7 Å². The van der Waals surface area contributed by atoms with Crippen molar-refractivity contribution in [1.82, 2.24) is 4.98 Å². The van der Waals surface area contributed by atoms with Gasteiger partial charge in [0.1, 0.15) is 11.5 Å². The molecule has 1 aromatic heterocycles. The van der Waals surface area contributed by atoms with Crippen molar-refractivity contribution in [3.63, 3.8) is 0 Å². The van der Waals surface area contributed by atoms with Crippen LogP contribution >= 0.6 is 0 Å². The van der Waals surface area contributed by atoms with Crippen LogP contribution in [0.5, 0.6) is 0 Å². The van der Waals surface area contributed by atoms with E-state index >= 15 is 0 Å². The Balaban J connectivity index is 1.74. The number of anilines is 2. The third kappa shape index (κ3) is 2.96. The smallest absolute Gasteiger partial charge is 0.274 e. The molecule has 0 saturated heterocycles. The van der Waals surface area contributed by atoms with E-state index in [4.69, 9.17) is 0 Å². The molecular formula is C16H17N3O. The number of benzene rings is 1. The third-order valence-electron chi connectivity index (χ3n) is 3.30. The first-order chi connectivity index (χ1) is 9.72. The third-order valence-corrected chi connectivity index (χ3v) is 3.30. The molecule has 0 radical (unpaired) electrons. The first-order valence-corrected chi connectivity index (χ1v) is 6.83. The van der Waals surface area contributed by atoms with Gasteiger partial charge in [-0.05, 0) is 43.5 Å². The summed E-state index contributed by atoms with van der Waals surface area (Å²) in [6, 6.07) is 13.7. The summed E-state index contributed by atoms with van der Waals surface area (Å²) in [4.78, 5) is 16.6. The topological polar surface area (TPSA) is 54.0 Å². The fourth-order valence-corrected chi connectivity index (χ4v) is 1.98. The lowest BCUT2D eigenvalue weighted by atomic mass is 10.2. The molecule has 1 aromatic carbocycles. The predicted molar refractivity (Wildman–Crippen MR) is 80.0 cm³/mol. The quantitative estimate of drug-likeness (QED) is 0.894. The SMILES string of the molecule is Cc1ccccc1NC(=O)c1cccc(NC2CC2)n1. The molecule has 1 fully saturated rings. The highest BCUT2D eigenvalue weighted by atomic mass is 16.1. The highest BCUT2D eigenvalue weighted by Crippen LogP contribution is 2.23. The van der Waals surface area contributed by atoms with Crippen molar-refractivity contribution in [3.8, 4) is 0 Å². The van der Waals surface area contributed by atoms with Gasteiger partial charge in [-0.25, -0.2) is 4.98 Å². The summed E-state index contributed by atoms with van der Waals surface area (Å²) in [7, 11) is 0. The molecule has 0 bridgehead atoms. The number of hydrogen-bond donors (Lipinski definition) is 2. The van der Waals surface area contributed by atoms with Crippen LogP contribution < -0.4 is 10.6 Å². The second-order valence-electron chi connectivity index (χ2n) is 5.10. The number of pyridine rings is 1. The molecule has 0 aliphatic heterocycles. The summed E-state index contributed by atoms with van der Waals surface area (Å²) in [5.74, 6) is 0.587. The highest BCUT2D eigenvalue weighted by molar-refractivity contribution is 6.03. The van der Waals surface area contributed by atoms with Crippen LogP contribution in [0.15, 0.2) is 42.5 Å². The van der Waals surface area contributed by atoms with Gasteiger partial charge in [-0.15, -0.1) is 0 Å². The highest BCUT2D eigenvalue weighted by Gasteiger charge is 2.21. The number of para-hydroxylation sites is 1. The minimum Gasteiger partial charge on any atom is -0.367 e. The van der Waals surface area contributed by atoms with Gasteiger partial charge >= 0.3 is 0 Å². The number of aryl methyl sites for hydroxylation is 1. The Morgan fingerprint density at radius 2 is 1.95 bits per heavy atom. The molecule has 1 amide bonds. The number of amides is 1. The number of carbonyl (C=O) groups excluding carboxylic acids is 1. The van der Waals surface area contributed by atoms with Gasteiger partial charge in [0.05, 0.1) is 0 Å². The van der Waals surface area contributed by atoms with Crippen LogP contribution in [-0.2, 0) is 0 Å². The molecule has 102 valence electrons. The summed E-state index contributed by atoms with van der Waals surface area (Å²) >= 11 is 0. The maximum absolute atomic E-state index is 12.2. The molecule has 0 atom stereocenters. The lowest BCUT2D eigenvalue weighted by Crippen LogP contribution is -2.15. The van der Waals surface area contributed by atoms with E-state index < -0.39 is 0 Å². The van der Waals surface area contributed by atoms with Gasteiger partial charge in [-0.2, -0.15) is 0 Å². The van der Waals surface area contributed by atoms with Crippen LogP contribution in [-0.4, -0.2) is 16.9 Å². The van der Waals surface area contributed by atoms with Crippen LogP contribution in [0.1, 0.15) is 28.9 Å². The Labute approximate surface area is 118 Å². The lowest BCUT2D eigenvalue weighted by Gasteiger charge is -2.09. The van der Waals surface area contributed by atoms with Gasteiger partial charge in [0, 0.05) is 11.7 Å². The van der Waals surface area contributed by atoms with Crippen LogP contribution in [0.3, 0.4) is 0 Å². The Morgan fingerprint density at radius 3 is 2.70 bits per heavy atom. The molecule has 1 heterocycles. The van der Waals surface area contributed by atoms with E-state index in [-0.39, 0.29) is 5.91 Å². The van der Waals surface area contributed by atoms with E-state index in [1.165, 1.54) is 12.8 Å². The number of rotatable bonds is 4. The molecule has 4 heteroatoms. The van der Waals surface area contributed by atoms with Gasteiger partial charge in [0.15, 0.2) is 0 Å². The number of carbonyl (C=O) groups is 1. The Morgan fingerprint density at radius 1 is 1.15 bits per heavy atom. The number of hydrogen-bond acceptors (Lipinski definition) is 3. The van der Waals surface area contributed by atoms with E-state index in [2.05, 4.69) is 15.6 Å². The van der Waals surface area contributed by atoms with Crippen molar-refractivity contribution in [2.45, 2.75) is 25.8 Å². The molecule has 1 saturated carbocycles. The minimum atomic E-state index is -0.182. The molecule has 0 unspecified atom stereocenters. The zero-order valence-electron chi connectivity index (χ0n) is 11.4. The Hall–Kier alpha value is -2.36. The number of aromatic nitrogens is 1. The van der Waals surface area contributed by atoms with Crippen molar-refractivity contribution in [3.05, 3.63) is 53.7 Å². The molecule has 2 N–H and O–H groups in total. The van der Waals surface area contributed by atoms with E-state index in [1.54, 1.807) is 6.07 Å². The Kier molecular flexibility index (Phi) is 3.37. The molecule has 20 heavy (non-hydrogen) atoms. The van der Waals surface area contributed by atoms with Crippen molar-refractivity contribution in [1.29, 1.82) is 0 Å². The molecule has 3 rings (SSSR count). The maximum Gasteiger partial charge on any atom is 0.274 e. The molecule has 1 aliphatic carbocycles. The summed E-state index contributed by atoms with van der Waals surface area (Å²) in [6.07, 6.45) is 2.36. The maximum atomic E-state index is 12.2. The fourth-order valence-electron chi connectivity index (χ4n) is 1.98. The van der Waals surface area contributed by atoms with Crippen LogP contribution in [0.4, 0.5) is 11.5 Å². The standard InChI is InChI=1S/C16H17N3O/c1-11-5-2-3-6-13(11)19-16(20)14-7-4-8-15(18-14)17-12-9-10-12/h2-8,12H,9-10H2,1H3,(H,17,18)(H,19,20). The first-order valence-electron chi connectivity index (χ1n) is 6.83. The van der Waals surface area contributed by atoms with E-state index in [1.807, 2.05) is 43.3 Å². The monoisotopic (exact) mass is 267 g/mol. The molecule has 0 spiro atoms. The van der Waals surface area contributed by atoms with E-state index in [9.17, 15) is 4.79 Å². The minimum absolute atomic E-state index is 0.182.